The van der Waals surface area contributed by atoms with E-state index in [0.717, 1.165) is 15.4 Å². The lowest BCUT2D eigenvalue weighted by molar-refractivity contribution is -0.119. The highest BCUT2D eigenvalue weighted by Crippen LogP contribution is 2.33. The molecule has 0 aromatic heterocycles. The molecule has 0 saturated heterocycles. The molecule has 0 heterocycles. The van der Waals surface area contributed by atoms with E-state index in [0.29, 0.717) is 11.3 Å². The van der Waals surface area contributed by atoms with Gasteiger partial charge in [-0.25, -0.2) is 4.79 Å². The maximum atomic E-state index is 12.2. The quantitative estimate of drug-likeness (QED) is 0.618. The topological polar surface area (TPSA) is 55.4 Å². The van der Waals surface area contributed by atoms with Gasteiger partial charge in [-0.2, -0.15) is 0 Å². The Labute approximate surface area is 162 Å². The fourth-order valence-electron chi connectivity index (χ4n) is 2.47. The van der Waals surface area contributed by atoms with Gasteiger partial charge in [0.2, 0.25) is 0 Å². The minimum atomic E-state index is -0.504. The van der Waals surface area contributed by atoms with E-state index in [4.69, 9.17) is 4.74 Å². The Hall–Kier alpha value is -3.05. The van der Waals surface area contributed by atoms with Crippen LogP contribution >= 0.6 is 11.8 Å². The molecule has 0 radical (unpaired) electrons. The fourth-order valence-corrected chi connectivity index (χ4v) is 3.39. The van der Waals surface area contributed by atoms with Crippen molar-refractivity contribution in [2.24, 2.45) is 0 Å². The molecule has 3 rings (SSSR count). The van der Waals surface area contributed by atoms with Crippen molar-refractivity contribution in [2.75, 3.05) is 11.9 Å². The standard InChI is InChI=1S/C22H19NO3S/c1-16-9-5-6-12-18(16)22(25)26-15-21(24)23-19-13-7-8-14-20(19)27-17-10-3-2-4-11-17/h2-14H,15H2,1H3,(H,23,24). The Morgan fingerprint density at radius 2 is 1.56 bits per heavy atom. The first-order chi connectivity index (χ1) is 13.1. The van der Waals surface area contributed by atoms with Gasteiger partial charge in [0, 0.05) is 9.79 Å². The average Bonchev–Trinajstić information content (AvgIpc) is 2.69. The van der Waals surface area contributed by atoms with E-state index in [1.807, 2.05) is 73.7 Å². The second kappa shape index (κ2) is 9.05. The van der Waals surface area contributed by atoms with Gasteiger partial charge in [0.15, 0.2) is 6.61 Å². The Morgan fingerprint density at radius 3 is 2.33 bits per heavy atom. The van der Waals surface area contributed by atoms with Crippen molar-refractivity contribution in [3.8, 4) is 0 Å². The first-order valence-electron chi connectivity index (χ1n) is 8.48. The van der Waals surface area contributed by atoms with Crippen LogP contribution in [0.1, 0.15) is 15.9 Å². The van der Waals surface area contributed by atoms with Crippen LogP contribution in [0.15, 0.2) is 88.7 Å². The third-order valence-electron chi connectivity index (χ3n) is 3.83. The first-order valence-corrected chi connectivity index (χ1v) is 9.29. The summed E-state index contributed by atoms with van der Waals surface area (Å²) < 4.78 is 5.14. The zero-order valence-electron chi connectivity index (χ0n) is 14.8. The summed E-state index contributed by atoms with van der Waals surface area (Å²) in [4.78, 5) is 26.4. The van der Waals surface area contributed by atoms with Gasteiger partial charge in [-0.05, 0) is 42.8 Å². The highest BCUT2D eigenvalue weighted by Gasteiger charge is 2.13. The first kappa shape index (κ1) is 18.7. The van der Waals surface area contributed by atoms with Gasteiger partial charge in [0.25, 0.3) is 5.91 Å². The normalized spacial score (nSPS) is 10.3. The zero-order valence-corrected chi connectivity index (χ0v) is 15.7. The van der Waals surface area contributed by atoms with Crippen molar-refractivity contribution in [3.63, 3.8) is 0 Å². The van der Waals surface area contributed by atoms with Crippen LogP contribution in [0.5, 0.6) is 0 Å². The molecular formula is C22H19NO3S. The highest BCUT2D eigenvalue weighted by molar-refractivity contribution is 7.99. The second-order valence-electron chi connectivity index (χ2n) is 5.85. The lowest BCUT2D eigenvalue weighted by Crippen LogP contribution is -2.21. The van der Waals surface area contributed by atoms with E-state index in [9.17, 15) is 9.59 Å². The van der Waals surface area contributed by atoms with E-state index < -0.39 is 5.97 Å². The predicted octanol–water partition coefficient (Wildman–Crippen LogP) is 4.94. The van der Waals surface area contributed by atoms with Crippen LogP contribution in [-0.4, -0.2) is 18.5 Å². The average molecular weight is 377 g/mol. The van der Waals surface area contributed by atoms with Crippen molar-refractivity contribution in [3.05, 3.63) is 90.0 Å². The molecule has 1 N–H and O–H groups in total. The van der Waals surface area contributed by atoms with Crippen LogP contribution < -0.4 is 5.32 Å². The molecule has 0 aliphatic carbocycles. The number of para-hydroxylation sites is 1. The summed E-state index contributed by atoms with van der Waals surface area (Å²) in [5, 5.41) is 2.82. The number of hydrogen-bond donors (Lipinski definition) is 1. The number of nitrogens with one attached hydrogen (secondary N) is 1. The Balaban J connectivity index is 1.61. The monoisotopic (exact) mass is 377 g/mol. The largest absolute Gasteiger partial charge is 0.452 e. The van der Waals surface area contributed by atoms with E-state index in [1.54, 1.807) is 23.9 Å². The maximum absolute atomic E-state index is 12.2. The van der Waals surface area contributed by atoms with Gasteiger partial charge in [0.1, 0.15) is 0 Å². The van der Waals surface area contributed by atoms with Crippen LogP contribution in [0.2, 0.25) is 0 Å². The van der Waals surface area contributed by atoms with Gasteiger partial charge in [-0.3, -0.25) is 4.79 Å². The van der Waals surface area contributed by atoms with Crippen LogP contribution in [0.4, 0.5) is 5.69 Å². The summed E-state index contributed by atoms with van der Waals surface area (Å²) in [6.07, 6.45) is 0. The molecule has 27 heavy (non-hydrogen) atoms. The van der Waals surface area contributed by atoms with E-state index >= 15 is 0 Å². The molecule has 0 bridgehead atoms. The number of rotatable bonds is 6. The number of ether oxygens (including phenoxy) is 1. The summed E-state index contributed by atoms with van der Waals surface area (Å²) in [7, 11) is 0. The molecule has 4 nitrogen and oxygen atoms in total. The summed E-state index contributed by atoms with van der Waals surface area (Å²) in [6, 6.07) is 24.6. The van der Waals surface area contributed by atoms with Crippen molar-refractivity contribution in [1.82, 2.24) is 0 Å². The molecule has 0 atom stereocenters. The number of amides is 1. The summed E-state index contributed by atoms with van der Waals surface area (Å²) in [5.74, 6) is -0.881. The van der Waals surface area contributed by atoms with E-state index in [-0.39, 0.29) is 12.5 Å². The Morgan fingerprint density at radius 1 is 0.889 bits per heavy atom. The molecule has 0 spiro atoms. The highest BCUT2D eigenvalue weighted by atomic mass is 32.2. The minimum absolute atomic E-state index is 0.336. The van der Waals surface area contributed by atoms with Gasteiger partial charge in [-0.1, -0.05) is 60.3 Å². The van der Waals surface area contributed by atoms with Crippen molar-refractivity contribution in [2.45, 2.75) is 16.7 Å². The molecule has 3 aromatic carbocycles. The van der Waals surface area contributed by atoms with Crippen LogP contribution in [-0.2, 0) is 9.53 Å². The molecule has 0 aliphatic heterocycles. The second-order valence-corrected chi connectivity index (χ2v) is 6.97. The predicted molar refractivity (Wildman–Crippen MR) is 107 cm³/mol. The third-order valence-corrected chi connectivity index (χ3v) is 4.92. The zero-order chi connectivity index (χ0) is 19.1. The van der Waals surface area contributed by atoms with Crippen LogP contribution in [0.25, 0.3) is 0 Å². The lowest BCUT2D eigenvalue weighted by atomic mass is 10.1. The van der Waals surface area contributed by atoms with Crippen LogP contribution in [0, 0.1) is 6.92 Å². The third kappa shape index (κ3) is 5.21. The van der Waals surface area contributed by atoms with Gasteiger partial charge >= 0.3 is 5.97 Å². The number of anilines is 1. The number of benzene rings is 3. The lowest BCUT2D eigenvalue weighted by Gasteiger charge is -2.11. The Bertz CT molecular complexity index is 941. The van der Waals surface area contributed by atoms with Crippen molar-refractivity contribution < 1.29 is 14.3 Å². The number of carbonyl (C=O) groups is 2. The SMILES string of the molecule is Cc1ccccc1C(=O)OCC(=O)Nc1ccccc1Sc1ccccc1. The molecule has 0 aliphatic rings. The van der Waals surface area contributed by atoms with Gasteiger partial charge in [0.05, 0.1) is 11.3 Å². The van der Waals surface area contributed by atoms with Gasteiger partial charge in [-0.15, -0.1) is 0 Å². The van der Waals surface area contributed by atoms with Gasteiger partial charge < -0.3 is 10.1 Å². The number of esters is 1. The van der Waals surface area contributed by atoms with Crippen LogP contribution in [0.3, 0.4) is 0 Å². The number of aryl methyl sites for hydroxylation is 1. The number of hydrogen-bond acceptors (Lipinski definition) is 4. The van der Waals surface area contributed by atoms with Crippen molar-refractivity contribution in [1.29, 1.82) is 0 Å². The smallest absolute Gasteiger partial charge is 0.338 e. The summed E-state index contributed by atoms with van der Waals surface area (Å²) >= 11 is 1.56. The van der Waals surface area contributed by atoms with E-state index in [2.05, 4.69) is 5.32 Å². The Kier molecular flexibility index (Phi) is 6.28. The molecular weight excluding hydrogens is 358 g/mol. The molecule has 0 saturated carbocycles. The molecule has 0 fully saturated rings. The fraction of sp³-hybridized carbons (Fsp3) is 0.0909. The minimum Gasteiger partial charge on any atom is -0.452 e. The van der Waals surface area contributed by atoms with Crippen molar-refractivity contribution >= 4 is 29.3 Å². The molecule has 5 heteroatoms. The summed E-state index contributed by atoms with van der Waals surface area (Å²) in [5.41, 5.74) is 1.96. The number of carbonyl (C=O) groups excluding carboxylic acids is 2. The maximum Gasteiger partial charge on any atom is 0.338 e. The molecule has 0 unspecified atom stereocenters. The summed E-state index contributed by atoms with van der Waals surface area (Å²) in [6.45, 7) is 1.49. The molecule has 3 aromatic rings. The molecule has 136 valence electrons. The van der Waals surface area contributed by atoms with E-state index in [1.165, 1.54) is 0 Å². The molecule has 1 amide bonds.